The summed E-state index contributed by atoms with van der Waals surface area (Å²) in [7, 11) is 4.38. The van der Waals surface area contributed by atoms with E-state index >= 15 is 0 Å². The molecule has 0 aromatic rings. The van der Waals surface area contributed by atoms with E-state index < -0.39 is 0 Å². The summed E-state index contributed by atoms with van der Waals surface area (Å²) in [4.78, 5) is 4.80. The average Bonchev–Trinajstić information content (AvgIpc) is 2.34. The molecule has 1 rings (SSSR count). The van der Waals surface area contributed by atoms with Gasteiger partial charge < -0.3 is 15.5 Å². The Kier molecular flexibility index (Phi) is 4.16. The molecule has 0 radical (unpaired) electrons. The van der Waals surface area contributed by atoms with Crippen LogP contribution < -0.4 is 5.73 Å². The van der Waals surface area contributed by atoms with Crippen LogP contribution >= 0.6 is 0 Å². The van der Waals surface area contributed by atoms with Crippen molar-refractivity contribution < 1.29 is 0 Å². The molecule has 2 atom stereocenters. The largest absolute Gasteiger partial charge is 0.327 e. The highest BCUT2D eigenvalue weighted by Crippen LogP contribution is 2.15. The number of rotatable bonds is 4. The van der Waals surface area contributed by atoms with E-state index in [0.29, 0.717) is 0 Å². The number of nitrogens with zero attached hydrogens (tertiary/aromatic N) is 2. The van der Waals surface area contributed by atoms with E-state index in [9.17, 15) is 0 Å². The van der Waals surface area contributed by atoms with Gasteiger partial charge in [-0.1, -0.05) is 0 Å². The van der Waals surface area contributed by atoms with E-state index in [2.05, 4.69) is 30.8 Å². The maximum Gasteiger partial charge on any atom is 0.0220 e. The van der Waals surface area contributed by atoms with Crippen LogP contribution in [0.5, 0.6) is 0 Å². The summed E-state index contributed by atoms with van der Waals surface area (Å²) < 4.78 is 0. The summed E-state index contributed by atoms with van der Waals surface area (Å²) in [5.74, 6) is 0. The highest BCUT2D eigenvalue weighted by atomic mass is 15.2. The fraction of sp³-hybridized carbons (Fsp3) is 1.00. The monoisotopic (exact) mass is 185 g/mol. The first-order valence-electron chi connectivity index (χ1n) is 5.24. The Morgan fingerprint density at radius 3 is 2.77 bits per heavy atom. The van der Waals surface area contributed by atoms with Crippen molar-refractivity contribution in [2.45, 2.75) is 31.8 Å². The Bertz CT molecular complexity index is 147. The molecule has 3 heteroatoms. The number of hydrogen-bond donors (Lipinski definition) is 1. The molecule has 1 aliphatic rings. The second-order valence-corrected chi connectivity index (χ2v) is 4.48. The second-order valence-electron chi connectivity index (χ2n) is 4.48. The quantitative estimate of drug-likeness (QED) is 0.686. The molecule has 1 heterocycles. The molecule has 3 nitrogen and oxygen atoms in total. The first kappa shape index (κ1) is 11.0. The lowest BCUT2D eigenvalue weighted by molar-refractivity contribution is 0.215. The zero-order valence-electron chi connectivity index (χ0n) is 9.16. The molecule has 78 valence electrons. The minimum Gasteiger partial charge on any atom is -0.327 e. The molecule has 1 saturated heterocycles. The predicted molar refractivity (Wildman–Crippen MR) is 56.8 cm³/mol. The predicted octanol–water partition coefficient (Wildman–Crippen LogP) is 0.360. The topological polar surface area (TPSA) is 32.5 Å². The van der Waals surface area contributed by atoms with Crippen molar-refractivity contribution in [3.05, 3.63) is 0 Å². The molecule has 1 unspecified atom stereocenters. The van der Waals surface area contributed by atoms with E-state index in [1.54, 1.807) is 0 Å². The van der Waals surface area contributed by atoms with Gasteiger partial charge in [0.15, 0.2) is 0 Å². The van der Waals surface area contributed by atoms with Crippen LogP contribution in [0.3, 0.4) is 0 Å². The van der Waals surface area contributed by atoms with Crippen molar-refractivity contribution in [2.24, 2.45) is 5.73 Å². The third-order valence-corrected chi connectivity index (χ3v) is 2.79. The Hall–Kier alpha value is -0.120. The Labute approximate surface area is 81.9 Å². The van der Waals surface area contributed by atoms with Gasteiger partial charge in [0.25, 0.3) is 0 Å². The molecular formula is C10H23N3. The normalized spacial score (nSPS) is 27.0. The minimum atomic E-state index is 0.289. The Morgan fingerprint density at radius 1 is 1.62 bits per heavy atom. The standard InChI is InChI=1S/C10H23N3/c1-9(11)7-12(2)8-10-5-4-6-13(10)3/h9-10H,4-8,11H2,1-3H3/t9-,10?/m0/s1. The molecule has 0 aromatic heterocycles. The van der Waals surface area contributed by atoms with E-state index in [1.165, 1.54) is 19.4 Å². The SMILES string of the molecule is C[C@H](N)CN(C)CC1CCCN1C. The van der Waals surface area contributed by atoms with Gasteiger partial charge in [0.2, 0.25) is 0 Å². The molecule has 0 amide bonds. The van der Waals surface area contributed by atoms with E-state index in [0.717, 1.165) is 19.1 Å². The average molecular weight is 185 g/mol. The van der Waals surface area contributed by atoms with Gasteiger partial charge in [-0.3, -0.25) is 0 Å². The van der Waals surface area contributed by atoms with Crippen molar-refractivity contribution in [1.29, 1.82) is 0 Å². The molecule has 0 spiro atoms. The number of hydrogen-bond acceptors (Lipinski definition) is 3. The van der Waals surface area contributed by atoms with Gasteiger partial charge in [0, 0.05) is 25.2 Å². The van der Waals surface area contributed by atoms with Crippen molar-refractivity contribution in [3.63, 3.8) is 0 Å². The first-order valence-corrected chi connectivity index (χ1v) is 5.24. The van der Waals surface area contributed by atoms with Crippen LogP contribution in [0.2, 0.25) is 0 Å². The molecule has 0 aromatic carbocycles. The smallest absolute Gasteiger partial charge is 0.0220 e. The van der Waals surface area contributed by atoms with Crippen LogP contribution in [0.1, 0.15) is 19.8 Å². The van der Waals surface area contributed by atoms with Gasteiger partial charge in [-0.05, 0) is 40.4 Å². The van der Waals surface area contributed by atoms with Crippen molar-refractivity contribution in [1.82, 2.24) is 9.80 Å². The number of likely N-dealkylation sites (N-methyl/N-ethyl adjacent to an activating group) is 2. The van der Waals surface area contributed by atoms with E-state index in [4.69, 9.17) is 5.73 Å². The molecule has 0 bridgehead atoms. The third kappa shape index (κ3) is 3.63. The van der Waals surface area contributed by atoms with E-state index in [-0.39, 0.29) is 6.04 Å². The summed E-state index contributed by atoms with van der Waals surface area (Å²) in [6.45, 7) is 5.49. The maximum atomic E-state index is 5.75. The van der Waals surface area contributed by atoms with E-state index in [1.807, 2.05) is 0 Å². The molecular weight excluding hydrogens is 162 g/mol. The van der Waals surface area contributed by atoms with Crippen LogP contribution in [0.15, 0.2) is 0 Å². The molecule has 0 saturated carbocycles. The van der Waals surface area contributed by atoms with Gasteiger partial charge in [-0.2, -0.15) is 0 Å². The second kappa shape index (κ2) is 4.94. The fourth-order valence-corrected chi connectivity index (χ4v) is 2.14. The lowest BCUT2D eigenvalue weighted by Crippen LogP contribution is -2.41. The summed E-state index contributed by atoms with van der Waals surface area (Å²) in [5, 5.41) is 0. The van der Waals surface area contributed by atoms with Crippen molar-refractivity contribution >= 4 is 0 Å². The number of likely N-dealkylation sites (tertiary alicyclic amines) is 1. The number of nitrogens with two attached hydrogens (primary N) is 1. The molecule has 1 aliphatic heterocycles. The maximum absolute atomic E-state index is 5.75. The van der Waals surface area contributed by atoms with Crippen LogP contribution in [-0.2, 0) is 0 Å². The highest BCUT2D eigenvalue weighted by Gasteiger charge is 2.21. The lowest BCUT2D eigenvalue weighted by atomic mass is 10.2. The van der Waals surface area contributed by atoms with Gasteiger partial charge in [0.1, 0.15) is 0 Å². The summed E-state index contributed by atoms with van der Waals surface area (Å²) in [5.41, 5.74) is 5.75. The Balaban J connectivity index is 2.22. The molecule has 2 N–H and O–H groups in total. The third-order valence-electron chi connectivity index (χ3n) is 2.79. The fourth-order valence-electron chi connectivity index (χ4n) is 2.14. The zero-order valence-corrected chi connectivity index (χ0v) is 9.16. The van der Waals surface area contributed by atoms with Gasteiger partial charge >= 0.3 is 0 Å². The summed E-state index contributed by atoms with van der Waals surface area (Å²) >= 11 is 0. The van der Waals surface area contributed by atoms with Crippen LogP contribution in [-0.4, -0.2) is 55.6 Å². The molecule has 0 aliphatic carbocycles. The van der Waals surface area contributed by atoms with Crippen molar-refractivity contribution in [2.75, 3.05) is 33.7 Å². The minimum absolute atomic E-state index is 0.289. The lowest BCUT2D eigenvalue weighted by Gasteiger charge is -2.26. The van der Waals surface area contributed by atoms with Crippen LogP contribution in [0.4, 0.5) is 0 Å². The molecule has 13 heavy (non-hydrogen) atoms. The van der Waals surface area contributed by atoms with Crippen LogP contribution in [0.25, 0.3) is 0 Å². The zero-order chi connectivity index (χ0) is 9.84. The highest BCUT2D eigenvalue weighted by molar-refractivity contribution is 4.79. The van der Waals surface area contributed by atoms with Gasteiger partial charge in [0.05, 0.1) is 0 Å². The van der Waals surface area contributed by atoms with Gasteiger partial charge in [-0.15, -0.1) is 0 Å². The Morgan fingerprint density at radius 2 is 2.31 bits per heavy atom. The van der Waals surface area contributed by atoms with Crippen LogP contribution in [0, 0.1) is 0 Å². The molecule has 1 fully saturated rings. The summed E-state index contributed by atoms with van der Waals surface area (Å²) in [6, 6.07) is 1.04. The van der Waals surface area contributed by atoms with Gasteiger partial charge in [-0.25, -0.2) is 0 Å². The summed E-state index contributed by atoms with van der Waals surface area (Å²) in [6.07, 6.45) is 2.70. The first-order chi connectivity index (χ1) is 6.09. The van der Waals surface area contributed by atoms with Crippen molar-refractivity contribution in [3.8, 4) is 0 Å².